The minimum absolute atomic E-state index is 0.473. The molecule has 3 nitrogen and oxygen atoms in total. The van der Waals surface area contributed by atoms with Gasteiger partial charge >= 0.3 is 12.5 Å². The monoisotopic (exact) mass is 289 g/mol. The van der Waals surface area contributed by atoms with E-state index < -0.39 is 42.1 Å². The number of halogens is 6. The van der Waals surface area contributed by atoms with Gasteiger partial charge in [0, 0.05) is 11.6 Å². The molecule has 0 amide bonds. The van der Waals surface area contributed by atoms with E-state index in [2.05, 4.69) is 4.74 Å². The number of phenols is 1. The van der Waals surface area contributed by atoms with Gasteiger partial charge in [0.2, 0.25) is 0 Å². The Kier molecular flexibility index (Phi) is 4.18. The number of nitrogens with two attached hydrogens (primary N) is 1. The summed E-state index contributed by atoms with van der Waals surface area (Å²) in [6.45, 7) is 0. The molecule has 108 valence electrons. The van der Waals surface area contributed by atoms with Crippen molar-refractivity contribution in [1.29, 1.82) is 0 Å². The van der Waals surface area contributed by atoms with E-state index in [1.54, 1.807) is 0 Å². The van der Waals surface area contributed by atoms with Gasteiger partial charge in [-0.15, -0.1) is 13.2 Å². The molecule has 0 aliphatic heterocycles. The van der Waals surface area contributed by atoms with Crippen LogP contribution >= 0.6 is 0 Å². The van der Waals surface area contributed by atoms with Gasteiger partial charge in [-0.3, -0.25) is 0 Å². The summed E-state index contributed by atoms with van der Waals surface area (Å²) in [6, 6.07) is 0.496. The second-order valence-electron chi connectivity index (χ2n) is 3.69. The SMILES string of the molecule is N[C@H](CC(F)(F)F)c1cc(OC(F)(F)F)ccc1O. The van der Waals surface area contributed by atoms with Crippen molar-refractivity contribution in [1.82, 2.24) is 0 Å². The van der Waals surface area contributed by atoms with Crippen LogP contribution in [0.1, 0.15) is 18.0 Å². The standard InChI is InChI=1S/C10H9F6NO2/c11-9(12,13)4-7(17)6-3-5(1-2-8(6)18)19-10(14,15)16/h1-3,7,18H,4,17H2/t7-/m1/s1. The first-order valence-corrected chi connectivity index (χ1v) is 4.89. The molecule has 0 spiro atoms. The lowest BCUT2D eigenvalue weighted by atomic mass is 10.0. The van der Waals surface area contributed by atoms with Crippen LogP contribution in [-0.2, 0) is 0 Å². The minimum atomic E-state index is -4.98. The summed E-state index contributed by atoms with van der Waals surface area (Å²) >= 11 is 0. The summed E-state index contributed by atoms with van der Waals surface area (Å²) in [4.78, 5) is 0. The van der Waals surface area contributed by atoms with Crippen molar-refractivity contribution >= 4 is 0 Å². The second-order valence-corrected chi connectivity index (χ2v) is 3.69. The fourth-order valence-electron chi connectivity index (χ4n) is 1.39. The van der Waals surface area contributed by atoms with Crippen LogP contribution in [0.25, 0.3) is 0 Å². The molecule has 3 N–H and O–H groups in total. The van der Waals surface area contributed by atoms with Gasteiger partial charge in [-0.25, -0.2) is 0 Å². The van der Waals surface area contributed by atoms with Gasteiger partial charge in [-0.2, -0.15) is 13.2 Å². The molecule has 1 atom stereocenters. The van der Waals surface area contributed by atoms with Gasteiger partial charge < -0.3 is 15.6 Å². The number of hydrogen-bond acceptors (Lipinski definition) is 3. The predicted molar refractivity (Wildman–Crippen MR) is 52.4 cm³/mol. The lowest BCUT2D eigenvalue weighted by molar-refractivity contribution is -0.274. The molecule has 0 radical (unpaired) electrons. The number of alkyl halides is 6. The molecular weight excluding hydrogens is 280 g/mol. The Bertz CT molecular complexity index is 443. The van der Waals surface area contributed by atoms with Crippen LogP contribution in [-0.4, -0.2) is 17.6 Å². The summed E-state index contributed by atoms with van der Waals surface area (Å²) in [7, 11) is 0. The molecule has 9 heteroatoms. The predicted octanol–water partition coefficient (Wildman–Crippen LogP) is 3.24. The number of aromatic hydroxyl groups is 1. The van der Waals surface area contributed by atoms with E-state index in [0.29, 0.717) is 6.07 Å². The summed E-state index contributed by atoms with van der Waals surface area (Å²) in [5.41, 5.74) is 4.72. The first kappa shape index (κ1) is 15.4. The summed E-state index contributed by atoms with van der Waals surface area (Å²) in [6.07, 6.45) is -11.1. The Labute approximate surface area is 103 Å². The van der Waals surface area contributed by atoms with Gasteiger partial charge in [0.1, 0.15) is 11.5 Å². The maximum absolute atomic E-state index is 12.1. The van der Waals surface area contributed by atoms with Gasteiger partial charge in [0.25, 0.3) is 0 Å². The van der Waals surface area contributed by atoms with Crippen LogP contribution in [0.2, 0.25) is 0 Å². The first-order chi connectivity index (χ1) is 8.48. The molecule has 1 aromatic rings. The number of ether oxygens (including phenoxy) is 1. The number of hydrogen-bond donors (Lipinski definition) is 2. The molecule has 0 saturated carbocycles. The Morgan fingerprint density at radius 3 is 2.21 bits per heavy atom. The molecule has 0 aliphatic rings. The van der Waals surface area contributed by atoms with Crippen LogP contribution in [0.15, 0.2) is 18.2 Å². The fourth-order valence-corrected chi connectivity index (χ4v) is 1.39. The van der Waals surface area contributed by atoms with Crippen LogP contribution in [0.4, 0.5) is 26.3 Å². The summed E-state index contributed by atoms with van der Waals surface area (Å²) in [5.74, 6) is -1.39. The van der Waals surface area contributed by atoms with Crippen molar-refractivity contribution in [3.05, 3.63) is 23.8 Å². The molecule has 1 aromatic carbocycles. The van der Waals surface area contributed by atoms with E-state index >= 15 is 0 Å². The third-order valence-electron chi connectivity index (χ3n) is 2.08. The van der Waals surface area contributed by atoms with Crippen LogP contribution in [0.5, 0.6) is 11.5 Å². The van der Waals surface area contributed by atoms with Crippen molar-refractivity contribution in [2.24, 2.45) is 5.73 Å². The van der Waals surface area contributed by atoms with Crippen LogP contribution < -0.4 is 10.5 Å². The zero-order valence-electron chi connectivity index (χ0n) is 9.22. The quantitative estimate of drug-likeness (QED) is 0.840. The van der Waals surface area contributed by atoms with E-state index in [0.717, 1.165) is 12.1 Å². The number of rotatable bonds is 3. The summed E-state index contributed by atoms with van der Waals surface area (Å²) < 4.78 is 75.7. The van der Waals surface area contributed by atoms with Crippen molar-refractivity contribution < 1.29 is 36.2 Å². The van der Waals surface area contributed by atoms with Crippen LogP contribution in [0, 0.1) is 0 Å². The highest BCUT2D eigenvalue weighted by atomic mass is 19.4. The van der Waals surface area contributed by atoms with Gasteiger partial charge in [-0.05, 0) is 18.2 Å². The lowest BCUT2D eigenvalue weighted by Gasteiger charge is -2.17. The molecule has 0 fully saturated rings. The first-order valence-electron chi connectivity index (χ1n) is 4.89. The highest BCUT2D eigenvalue weighted by Crippen LogP contribution is 2.35. The highest BCUT2D eigenvalue weighted by Gasteiger charge is 2.34. The van der Waals surface area contributed by atoms with Crippen LogP contribution in [0.3, 0.4) is 0 Å². The van der Waals surface area contributed by atoms with E-state index in [9.17, 15) is 31.4 Å². The van der Waals surface area contributed by atoms with E-state index in [1.165, 1.54) is 0 Å². The van der Waals surface area contributed by atoms with E-state index in [-0.39, 0.29) is 0 Å². The van der Waals surface area contributed by atoms with Gasteiger partial charge in [-0.1, -0.05) is 0 Å². The van der Waals surface area contributed by atoms with Crippen molar-refractivity contribution in [2.75, 3.05) is 0 Å². The van der Waals surface area contributed by atoms with Crippen molar-refractivity contribution in [2.45, 2.75) is 25.0 Å². The summed E-state index contributed by atoms with van der Waals surface area (Å²) in [5, 5.41) is 9.32. The number of phenolic OH excluding ortho intramolecular Hbond substituents is 1. The maximum Gasteiger partial charge on any atom is 0.573 e. The lowest BCUT2D eigenvalue weighted by Crippen LogP contribution is -2.21. The average molecular weight is 289 g/mol. The zero-order chi connectivity index (χ0) is 14.8. The molecule has 0 aliphatic carbocycles. The minimum Gasteiger partial charge on any atom is -0.508 e. The Hall–Kier alpha value is -1.64. The molecule has 19 heavy (non-hydrogen) atoms. The normalized spacial score (nSPS) is 14.3. The maximum atomic E-state index is 12.1. The number of benzene rings is 1. The highest BCUT2D eigenvalue weighted by molar-refractivity contribution is 5.41. The Morgan fingerprint density at radius 1 is 1.16 bits per heavy atom. The molecule has 0 heterocycles. The molecule has 0 bridgehead atoms. The molecule has 1 rings (SSSR count). The third-order valence-corrected chi connectivity index (χ3v) is 2.08. The largest absolute Gasteiger partial charge is 0.573 e. The fraction of sp³-hybridized carbons (Fsp3) is 0.400. The average Bonchev–Trinajstić information content (AvgIpc) is 2.16. The van der Waals surface area contributed by atoms with Crippen molar-refractivity contribution in [3.8, 4) is 11.5 Å². The zero-order valence-corrected chi connectivity index (χ0v) is 9.22. The van der Waals surface area contributed by atoms with Crippen molar-refractivity contribution in [3.63, 3.8) is 0 Å². The topological polar surface area (TPSA) is 55.5 Å². The van der Waals surface area contributed by atoms with E-state index in [4.69, 9.17) is 5.73 Å². The van der Waals surface area contributed by atoms with Gasteiger partial charge in [0.05, 0.1) is 6.42 Å². The smallest absolute Gasteiger partial charge is 0.508 e. The van der Waals surface area contributed by atoms with E-state index in [1.807, 2.05) is 0 Å². The molecule has 0 unspecified atom stereocenters. The molecule has 0 aromatic heterocycles. The Morgan fingerprint density at radius 2 is 1.74 bits per heavy atom. The molecular formula is C10H9F6NO2. The third kappa shape index (κ3) is 5.25. The van der Waals surface area contributed by atoms with Gasteiger partial charge in [0.15, 0.2) is 0 Å². The second kappa shape index (κ2) is 5.16. The molecule has 0 saturated heterocycles. The Balaban J connectivity index is 2.97.